The Balaban J connectivity index is 1.45. The van der Waals surface area contributed by atoms with Crippen LogP contribution in [0.25, 0.3) is 10.8 Å². The van der Waals surface area contributed by atoms with Crippen molar-refractivity contribution in [3.63, 3.8) is 0 Å². The van der Waals surface area contributed by atoms with E-state index in [1.54, 1.807) is 24.3 Å². The first-order chi connectivity index (χ1) is 14.1. The molecule has 0 saturated carbocycles. The minimum Gasteiger partial charge on any atom is -0.483 e. The number of hydrogen-bond acceptors (Lipinski definition) is 4. The SMILES string of the molecule is N=Cc1ccc(OCC(=O)NCCSCc2c(F)cccc2Cl)c2ccccc12. The lowest BCUT2D eigenvalue weighted by molar-refractivity contribution is -0.122. The van der Waals surface area contributed by atoms with E-state index in [2.05, 4.69) is 5.32 Å². The fraction of sp³-hybridized carbons (Fsp3) is 0.182. The number of carbonyl (C=O) groups is 1. The lowest BCUT2D eigenvalue weighted by atomic mass is 10.0. The molecule has 29 heavy (non-hydrogen) atoms. The van der Waals surface area contributed by atoms with Gasteiger partial charge in [-0.1, -0.05) is 41.9 Å². The van der Waals surface area contributed by atoms with Crippen LogP contribution in [0.5, 0.6) is 5.75 Å². The monoisotopic (exact) mass is 430 g/mol. The third-order valence-corrected chi connectivity index (χ3v) is 5.65. The number of carbonyl (C=O) groups excluding carboxylic acids is 1. The molecule has 0 heterocycles. The van der Waals surface area contributed by atoms with E-state index in [0.29, 0.717) is 34.4 Å². The Morgan fingerprint density at radius 2 is 1.93 bits per heavy atom. The van der Waals surface area contributed by atoms with Crippen LogP contribution in [0.1, 0.15) is 11.1 Å². The van der Waals surface area contributed by atoms with Gasteiger partial charge in [0.15, 0.2) is 6.61 Å². The van der Waals surface area contributed by atoms with Gasteiger partial charge in [0.2, 0.25) is 0 Å². The fourth-order valence-electron chi connectivity index (χ4n) is 2.85. The molecule has 0 fully saturated rings. The van der Waals surface area contributed by atoms with Crippen molar-refractivity contribution in [3.8, 4) is 5.75 Å². The first-order valence-electron chi connectivity index (χ1n) is 9.02. The molecule has 0 unspecified atom stereocenters. The molecule has 150 valence electrons. The number of nitrogens with one attached hydrogen (secondary N) is 2. The van der Waals surface area contributed by atoms with Crippen molar-refractivity contribution < 1.29 is 13.9 Å². The van der Waals surface area contributed by atoms with Crippen molar-refractivity contribution in [2.24, 2.45) is 0 Å². The largest absolute Gasteiger partial charge is 0.483 e. The number of hydrogen-bond donors (Lipinski definition) is 2. The zero-order chi connectivity index (χ0) is 20.6. The topological polar surface area (TPSA) is 62.2 Å². The van der Waals surface area contributed by atoms with E-state index in [9.17, 15) is 9.18 Å². The van der Waals surface area contributed by atoms with E-state index in [1.807, 2.05) is 24.3 Å². The molecule has 3 aromatic carbocycles. The molecule has 0 aromatic heterocycles. The summed E-state index contributed by atoms with van der Waals surface area (Å²) in [6.07, 6.45) is 1.30. The average molecular weight is 431 g/mol. The molecule has 2 N–H and O–H groups in total. The summed E-state index contributed by atoms with van der Waals surface area (Å²) in [5.74, 6) is 1.14. The number of thioether (sulfide) groups is 1. The summed E-state index contributed by atoms with van der Waals surface area (Å²) in [6, 6.07) is 15.8. The molecule has 3 rings (SSSR count). The maximum absolute atomic E-state index is 13.7. The van der Waals surface area contributed by atoms with Gasteiger partial charge in [-0.3, -0.25) is 4.79 Å². The average Bonchev–Trinajstić information content (AvgIpc) is 2.73. The number of amides is 1. The standard InChI is InChI=1S/C22H20ClFN2O2S/c23-19-6-3-7-20(24)18(19)14-29-11-10-26-22(27)13-28-21-9-8-15(12-25)16-4-1-2-5-17(16)21/h1-9,12,25H,10-11,13-14H2,(H,26,27). The third-order valence-electron chi connectivity index (χ3n) is 4.31. The first-order valence-corrected chi connectivity index (χ1v) is 10.6. The quantitative estimate of drug-likeness (QED) is 0.368. The zero-order valence-corrected chi connectivity index (χ0v) is 17.2. The number of benzene rings is 3. The molecule has 4 nitrogen and oxygen atoms in total. The van der Waals surface area contributed by atoms with Gasteiger partial charge in [0.1, 0.15) is 11.6 Å². The van der Waals surface area contributed by atoms with Crippen molar-refractivity contribution in [3.05, 3.63) is 76.6 Å². The minimum atomic E-state index is -0.316. The van der Waals surface area contributed by atoms with Gasteiger partial charge in [-0.2, -0.15) is 11.8 Å². The molecular weight excluding hydrogens is 411 g/mol. The molecule has 0 radical (unpaired) electrons. The van der Waals surface area contributed by atoms with Gasteiger partial charge in [-0.25, -0.2) is 4.39 Å². The molecule has 0 spiro atoms. The first kappa shape index (κ1) is 21.1. The lowest BCUT2D eigenvalue weighted by Gasteiger charge is -2.11. The van der Waals surface area contributed by atoms with Gasteiger partial charge in [0, 0.05) is 45.8 Å². The van der Waals surface area contributed by atoms with Crippen molar-refractivity contribution in [2.45, 2.75) is 5.75 Å². The van der Waals surface area contributed by atoms with Crippen molar-refractivity contribution in [1.82, 2.24) is 5.32 Å². The van der Waals surface area contributed by atoms with Gasteiger partial charge in [-0.05, 0) is 29.7 Å². The van der Waals surface area contributed by atoms with Gasteiger partial charge >= 0.3 is 0 Å². The fourth-order valence-corrected chi connectivity index (χ4v) is 4.05. The lowest BCUT2D eigenvalue weighted by Crippen LogP contribution is -2.30. The maximum atomic E-state index is 13.7. The summed E-state index contributed by atoms with van der Waals surface area (Å²) < 4.78 is 19.4. The van der Waals surface area contributed by atoms with Crippen LogP contribution >= 0.6 is 23.4 Å². The smallest absolute Gasteiger partial charge is 0.257 e. The Bertz CT molecular complexity index is 1010. The number of rotatable bonds is 9. The zero-order valence-electron chi connectivity index (χ0n) is 15.6. The van der Waals surface area contributed by atoms with Crippen molar-refractivity contribution in [1.29, 1.82) is 5.41 Å². The Morgan fingerprint density at radius 1 is 1.14 bits per heavy atom. The van der Waals surface area contributed by atoms with E-state index < -0.39 is 0 Å². The summed E-state index contributed by atoms with van der Waals surface area (Å²) >= 11 is 7.50. The molecule has 1 amide bonds. The Kier molecular flexibility index (Phi) is 7.49. The van der Waals surface area contributed by atoms with Crippen LogP contribution in [0, 0.1) is 11.2 Å². The van der Waals surface area contributed by atoms with E-state index in [4.69, 9.17) is 21.7 Å². The molecule has 0 atom stereocenters. The van der Waals surface area contributed by atoms with E-state index in [1.165, 1.54) is 24.0 Å². The highest BCUT2D eigenvalue weighted by Gasteiger charge is 2.09. The van der Waals surface area contributed by atoms with Gasteiger partial charge < -0.3 is 15.5 Å². The molecule has 0 bridgehead atoms. The summed E-state index contributed by atoms with van der Waals surface area (Å²) in [5, 5.41) is 12.5. The Hall–Kier alpha value is -2.57. The second kappa shape index (κ2) is 10.3. The van der Waals surface area contributed by atoms with Crippen molar-refractivity contribution >= 4 is 46.3 Å². The highest BCUT2D eigenvalue weighted by molar-refractivity contribution is 7.98. The van der Waals surface area contributed by atoms with Crippen molar-refractivity contribution in [2.75, 3.05) is 18.9 Å². The molecular formula is C22H20ClFN2O2S. The molecule has 0 aliphatic carbocycles. The van der Waals surface area contributed by atoms with E-state index in [0.717, 1.165) is 16.3 Å². The normalized spacial score (nSPS) is 10.7. The van der Waals surface area contributed by atoms with Gasteiger partial charge in [0.05, 0.1) is 0 Å². The molecule has 3 aromatic rings. The molecule has 0 aliphatic heterocycles. The second-order valence-corrected chi connectivity index (χ2v) is 7.75. The summed E-state index contributed by atoms with van der Waals surface area (Å²) in [4.78, 5) is 12.1. The Morgan fingerprint density at radius 3 is 2.69 bits per heavy atom. The number of fused-ring (bicyclic) bond motifs is 1. The number of ether oxygens (including phenoxy) is 1. The highest BCUT2D eigenvalue weighted by Crippen LogP contribution is 2.28. The molecule has 7 heteroatoms. The summed E-state index contributed by atoms with van der Waals surface area (Å²) in [6.45, 7) is 0.351. The van der Waals surface area contributed by atoms with E-state index >= 15 is 0 Å². The highest BCUT2D eigenvalue weighted by atomic mass is 35.5. The van der Waals surface area contributed by atoms with Crippen LogP contribution in [0.2, 0.25) is 5.02 Å². The molecule has 0 aliphatic rings. The predicted octanol–water partition coefficient (Wildman–Crippen LogP) is 5.06. The van der Waals surface area contributed by atoms with Crippen LogP contribution in [-0.2, 0) is 10.5 Å². The second-order valence-electron chi connectivity index (χ2n) is 6.23. The van der Waals surface area contributed by atoms with Gasteiger partial charge in [0.25, 0.3) is 5.91 Å². The van der Waals surface area contributed by atoms with E-state index in [-0.39, 0.29) is 18.3 Å². The van der Waals surface area contributed by atoms with Crippen LogP contribution in [0.3, 0.4) is 0 Å². The molecule has 0 saturated heterocycles. The van der Waals surface area contributed by atoms with Crippen LogP contribution in [-0.4, -0.2) is 31.0 Å². The van der Waals surface area contributed by atoms with Gasteiger partial charge in [-0.15, -0.1) is 0 Å². The number of halogens is 2. The maximum Gasteiger partial charge on any atom is 0.257 e. The van der Waals surface area contributed by atoms with Crippen LogP contribution in [0.4, 0.5) is 4.39 Å². The minimum absolute atomic E-state index is 0.0995. The Labute approximate surface area is 177 Å². The van der Waals surface area contributed by atoms with Crippen LogP contribution in [0.15, 0.2) is 54.6 Å². The summed E-state index contributed by atoms with van der Waals surface area (Å²) in [7, 11) is 0. The third kappa shape index (κ3) is 5.49. The van der Waals surface area contributed by atoms with Crippen LogP contribution < -0.4 is 10.1 Å². The summed E-state index contributed by atoms with van der Waals surface area (Å²) in [5.41, 5.74) is 1.28. The predicted molar refractivity (Wildman–Crippen MR) is 118 cm³/mol.